The summed E-state index contributed by atoms with van der Waals surface area (Å²) in [7, 11) is 1.68. The standard InChI is InChI=1S/C13H17BrN6O3/c1-4-18-12(10(14)5-15-18)7-17(3)13(21)8-19-9(2)11(6-16-19)20(22)23/h5-6H,4,7-8H2,1-3H3. The Hall–Kier alpha value is -2.23. The average molecular weight is 385 g/mol. The van der Waals surface area contributed by atoms with Gasteiger partial charge in [-0.2, -0.15) is 10.2 Å². The van der Waals surface area contributed by atoms with Gasteiger partial charge >= 0.3 is 5.69 Å². The molecule has 2 aromatic heterocycles. The predicted octanol–water partition coefficient (Wildman–Crippen LogP) is 1.74. The third-order valence-corrected chi connectivity index (χ3v) is 4.23. The lowest BCUT2D eigenvalue weighted by molar-refractivity contribution is -0.385. The monoisotopic (exact) mass is 384 g/mol. The van der Waals surface area contributed by atoms with E-state index < -0.39 is 4.92 Å². The molecule has 0 aliphatic rings. The van der Waals surface area contributed by atoms with Crippen molar-refractivity contribution in [2.75, 3.05) is 7.05 Å². The van der Waals surface area contributed by atoms with Crippen molar-refractivity contribution in [1.29, 1.82) is 0 Å². The number of hydrogen-bond donors (Lipinski definition) is 0. The highest BCUT2D eigenvalue weighted by molar-refractivity contribution is 9.10. The third kappa shape index (κ3) is 3.58. The summed E-state index contributed by atoms with van der Waals surface area (Å²) in [6, 6.07) is 0. The van der Waals surface area contributed by atoms with Gasteiger partial charge in [-0.15, -0.1) is 0 Å². The van der Waals surface area contributed by atoms with Crippen LogP contribution in [0.5, 0.6) is 0 Å². The number of likely N-dealkylation sites (N-methyl/N-ethyl adjacent to an activating group) is 1. The van der Waals surface area contributed by atoms with Gasteiger partial charge in [0, 0.05) is 13.6 Å². The Labute approximate surface area is 141 Å². The first kappa shape index (κ1) is 17.1. The topological polar surface area (TPSA) is 99.1 Å². The van der Waals surface area contributed by atoms with Crippen molar-refractivity contribution in [2.24, 2.45) is 0 Å². The summed E-state index contributed by atoms with van der Waals surface area (Å²) >= 11 is 3.42. The normalized spacial score (nSPS) is 10.8. The number of halogens is 1. The molecule has 0 spiro atoms. The van der Waals surface area contributed by atoms with Crippen molar-refractivity contribution in [3.05, 3.63) is 38.4 Å². The second kappa shape index (κ2) is 6.90. The van der Waals surface area contributed by atoms with E-state index in [1.807, 2.05) is 6.92 Å². The van der Waals surface area contributed by atoms with Crippen LogP contribution in [0.25, 0.3) is 0 Å². The van der Waals surface area contributed by atoms with Crippen LogP contribution in [0.4, 0.5) is 5.69 Å². The van der Waals surface area contributed by atoms with E-state index in [1.165, 1.54) is 4.68 Å². The number of amides is 1. The lowest BCUT2D eigenvalue weighted by Crippen LogP contribution is -2.31. The highest BCUT2D eigenvalue weighted by Gasteiger charge is 2.20. The Bertz CT molecular complexity index is 738. The Morgan fingerprint density at radius 3 is 2.61 bits per heavy atom. The number of aryl methyl sites for hydroxylation is 1. The van der Waals surface area contributed by atoms with Crippen LogP contribution in [0.3, 0.4) is 0 Å². The minimum atomic E-state index is -0.510. The molecule has 0 fully saturated rings. The van der Waals surface area contributed by atoms with Crippen molar-refractivity contribution in [1.82, 2.24) is 24.5 Å². The lowest BCUT2D eigenvalue weighted by Gasteiger charge is -2.18. The van der Waals surface area contributed by atoms with Crippen LogP contribution in [0.15, 0.2) is 16.9 Å². The molecule has 2 aromatic rings. The van der Waals surface area contributed by atoms with Gasteiger partial charge in [-0.3, -0.25) is 24.3 Å². The van der Waals surface area contributed by atoms with Crippen molar-refractivity contribution >= 4 is 27.5 Å². The van der Waals surface area contributed by atoms with E-state index in [-0.39, 0.29) is 18.1 Å². The molecule has 124 valence electrons. The molecule has 0 atom stereocenters. The molecule has 0 saturated carbocycles. The molecule has 0 aliphatic carbocycles. The van der Waals surface area contributed by atoms with Crippen LogP contribution in [0, 0.1) is 17.0 Å². The summed E-state index contributed by atoms with van der Waals surface area (Å²) < 4.78 is 3.98. The molecule has 0 aromatic carbocycles. The Morgan fingerprint density at radius 2 is 2.04 bits per heavy atom. The van der Waals surface area contributed by atoms with Gasteiger partial charge in [0.1, 0.15) is 18.4 Å². The van der Waals surface area contributed by atoms with Crippen molar-refractivity contribution in [3.63, 3.8) is 0 Å². The predicted molar refractivity (Wildman–Crippen MR) is 85.7 cm³/mol. The molecule has 1 amide bonds. The van der Waals surface area contributed by atoms with E-state index in [4.69, 9.17) is 0 Å². The van der Waals surface area contributed by atoms with Crippen LogP contribution < -0.4 is 0 Å². The van der Waals surface area contributed by atoms with Gasteiger partial charge in [0.05, 0.1) is 27.8 Å². The Morgan fingerprint density at radius 1 is 1.39 bits per heavy atom. The molecule has 0 unspecified atom stereocenters. The molecule has 0 aliphatic heterocycles. The number of hydrogen-bond acceptors (Lipinski definition) is 5. The number of carbonyl (C=O) groups excluding carboxylic acids is 1. The van der Waals surface area contributed by atoms with Crippen LogP contribution >= 0.6 is 15.9 Å². The van der Waals surface area contributed by atoms with E-state index >= 15 is 0 Å². The van der Waals surface area contributed by atoms with E-state index in [1.54, 1.807) is 29.7 Å². The van der Waals surface area contributed by atoms with Crippen LogP contribution in [-0.4, -0.2) is 42.3 Å². The van der Waals surface area contributed by atoms with Gasteiger partial charge < -0.3 is 4.90 Å². The molecule has 23 heavy (non-hydrogen) atoms. The number of nitrogens with zero attached hydrogens (tertiary/aromatic N) is 6. The fraction of sp³-hybridized carbons (Fsp3) is 0.462. The average Bonchev–Trinajstić information content (AvgIpc) is 3.03. The smallest absolute Gasteiger partial charge is 0.309 e. The molecule has 0 N–H and O–H groups in total. The lowest BCUT2D eigenvalue weighted by atomic mass is 10.3. The fourth-order valence-electron chi connectivity index (χ4n) is 2.15. The SMILES string of the molecule is CCn1ncc(Br)c1CN(C)C(=O)Cn1ncc([N+](=O)[O-])c1C. The number of aromatic nitrogens is 4. The fourth-order valence-corrected chi connectivity index (χ4v) is 2.58. The summed E-state index contributed by atoms with van der Waals surface area (Å²) in [4.78, 5) is 24.2. The maximum absolute atomic E-state index is 12.3. The van der Waals surface area contributed by atoms with Crippen molar-refractivity contribution in [2.45, 2.75) is 33.5 Å². The minimum absolute atomic E-state index is 0.0476. The minimum Gasteiger partial charge on any atom is -0.338 e. The van der Waals surface area contributed by atoms with Crippen LogP contribution in [-0.2, 0) is 24.4 Å². The van der Waals surface area contributed by atoms with Gasteiger partial charge in [0.25, 0.3) is 0 Å². The van der Waals surface area contributed by atoms with Gasteiger partial charge in [0.15, 0.2) is 0 Å². The highest BCUT2D eigenvalue weighted by atomic mass is 79.9. The summed E-state index contributed by atoms with van der Waals surface area (Å²) in [5.74, 6) is -0.193. The summed E-state index contributed by atoms with van der Waals surface area (Å²) in [6.45, 7) is 4.58. The zero-order chi connectivity index (χ0) is 17.1. The van der Waals surface area contributed by atoms with Crippen LogP contribution in [0.1, 0.15) is 18.3 Å². The zero-order valence-corrected chi connectivity index (χ0v) is 14.6. The molecule has 0 radical (unpaired) electrons. The molecule has 9 nitrogen and oxygen atoms in total. The van der Waals surface area contributed by atoms with E-state index in [9.17, 15) is 14.9 Å². The molecule has 0 bridgehead atoms. The molecule has 0 saturated heterocycles. The molecule has 2 rings (SSSR count). The van der Waals surface area contributed by atoms with E-state index in [2.05, 4.69) is 26.1 Å². The Kier molecular flexibility index (Phi) is 5.14. The van der Waals surface area contributed by atoms with Crippen molar-refractivity contribution in [3.8, 4) is 0 Å². The second-order valence-corrected chi connectivity index (χ2v) is 5.89. The molecule has 2 heterocycles. The third-order valence-electron chi connectivity index (χ3n) is 3.57. The molecule has 10 heteroatoms. The quantitative estimate of drug-likeness (QED) is 0.557. The highest BCUT2D eigenvalue weighted by Crippen LogP contribution is 2.19. The maximum Gasteiger partial charge on any atom is 0.309 e. The largest absolute Gasteiger partial charge is 0.338 e. The first-order valence-electron chi connectivity index (χ1n) is 6.96. The van der Waals surface area contributed by atoms with Crippen LogP contribution in [0.2, 0.25) is 0 Å². The van der Waals surface area contributed by atoms with Gasteiger partial charge in [0.2, 0.25) is 5.91 Å². The number of nitro groups is 1. The molecular weight excluding hydrogens is 368 g/mol. The number of carbonyl (C=O) groups is 1. The maximum atomic E-state index is 12.3. The second-order valence-electron chi connectivity index (χ2n) is 5.03. The summed E-state index contributed by atoms with van der Waals surface area (Å²) in [5.41, 5.74) is 1.16. The molecular formula is C13H17BrN6O3. The number of rotatable bonds is 6. The summed E-state index contributed by atoms with van der Waals surface area (Å²) in [6.07, 6.45) is 2.85. The van der Waals surface area contributed by atoms with Crippen molar-refractivity contribution < 1.29 is 9.72 Å². The summed E-state index contributed by atoms with van der Waals surface area (Å²) in [5, 5.41) is 18.9. The van der Waals surface area contributed by atoms with E-state index in [0.29, 0.717) is 18.8 Å². The van der Waals surface area contributed by atoms with E-state index in [0.717, 1.165) is 16.4 Å². The first-order valence-corrected chi connectivity index (χ1v) is 7.75. The van der Waals surface area contributed by atoms with Gasteiger partial charge in [-0.25, -0.2) is 0 Å². The Balaban J connectivity index is 2.08. The van der Waals surface area contributed by atoms with Gasteiger partial charge in [-0.1, -0.05) is 0 Å². The first-order chi connectivity index (χ1) is 10.8. The van der Waals surface area contributed by atoms with Gasteiger partial charge in [-0.05, 0) is 29.8 Å². The zero-order valence-electron chi connectivity index (χ0n) is 13.1.